The molecule has 0 spiro atoms. The van der Waals surface area contributed by atoms with Crippen LogP contribution >= 0.6 is 33.9 Å². The van der Waals surface area contributed by atoms with Crippen molar-refractivity contribution >= 4 is 50.7 Å². The van der Waals surface area contributed by atoms with Gasteiger partial charge in [-0.05, 0) is 44.0 Å². The number of carbonyl (C=O) groups excluding carboxylic acids is 1. The van der Waals surface area contributed by atoms with Crippen LogP contribution in [0.3, 0.4) is 0 Å². The van der Waals surface area contributed by atoms with Crippen LogP contribution in [0.5, 0.6) is 5.75 Å². The summed E-state index contributed by atoms with van der Waals surface area (Å²) in [5.74, 6) is 6.14. The predicted octanol–water partition coefficient (Wildman–Crippen LogP) is 4.84. The number of amides is 1. The van der Waals surface area contributed by atoms with Crippen molar-refractivity contribution in [1.82, 2.24) is 29.6 Å². The van der Waals surface area contributed by atoms with Gasteiger partial charge in [0.2, 0.25) is 5.13 Å². The Kier molecular flexibility index (Phi) is 10.1. The van der Waals surface area contributed by atoms with Gasteiger partial charge in [0.25, 0.3) is 17.9 Å². The van der Waals surface area contributed by atoms with Crippen LogP contribution in [0.4, 0.5) is 19.6 Å². The van der Waals surface area contributed by atoms with E-state index in [1.54, 1.807) is 12.3 Å². The van der Waals surface area contributed by atoms with E-state index in [4.69, 9.17) is 4.74 Å². The second-order valence-electron chi connectivity index (χ2n) is 9.86. The number of alkyl halides is 3. The predicted molar refractivity (Wildman–Crippen MR) is 172 cm³/mol. The number of aromatic nitrogens is 5. The number of anilines is 2. The molecule has 1 fully saturated rings. The van der Waals surface area contributed by atoms with Gasteiger partial charge in [-0.1, -0.05) is 39.8 Å². The van der Waals surface area contributed by atoms with Crippen LogP contribution in [0.15, 0.2) is 47.7 Å². The fourth-order valence-electron chi connectivity index (χ4n) is 4.04. The van der Waals surface area contributed by atoms with E-state index >= 15 is 0 Å². The zero-order chi connectivity index (χ0) is 31.2. The molecule has 0 radical (unpaired) electrons. The van der Waals surface area contributed by atoms with Crippen LogP contribution in [0.2, 0.25) is 0 Å². The van der Waals surface area contributed by atoms with Gasteiger partial charge in [-0.3, -0.25) is 29.4 Å². The summed E-state index contributed by atoms with van der Waals surface area (Å²) in [4.78, 5) is 36.9. The summed E-state index contributed by atoms with van der Waals surface area (Å²) in [6.45, 7) is 1.44. The molecule has 44 heavy (non-hydrogen) atoms. The maximum absolute atomic E-state index is 13.7. The molecule has 11 nitrogen and oxygen atoms in total. The van der Waals surface area contributed by atoms with Crippen LogP contribution in [0, 0.1) is 17.8 Å². The first-order valence-corrected chi connectivity index (χ1v) is 15.8. The number of hydrogen-bond donors (Lipinski definition) is 2. The van der Waals surface area contributed by atoms with E-state index in [1.165, 1.54) is 30.0 Å². The van der Waals surface area contributed by atoms with Crippen molar-refractivity contribution in [2.45, 2.75) is 19.3 Å². The molecule has 0 unspecified atom stereocenters. The molecule has 2 N–H and O–H groups in total. The summed E-state index contributed by atoms with van der Waals surface area (Å²) in [6.07, 6.45) is 3.26. The van der Waals surface area contributed by atoms with Crippen LogP contribution in [0.1, 0.15) is 40.3 Å². The van der Waals surface area contributed by atoms with E-state index in [0.717, 1.165) is 47.5 Å². The summed E-state index contributed by atoms with van der Waals surface area (Å²) in [5, 5.41) is 14.6. The van der Waals surface area contributed by atoms with Crippen molar-refractivity contribution in [1.29, 1.82) is 0 Å². The molecule has 1 saturated carbocycles. The normalized spacial score (nSPS) is 12.6. The lowest BCUT2D eigenvalue weighted by atomic mass is 10.00. The molecule has 4 aromatic rings. The third-order valence-corrected chi connectivity index (χ3v) is 8.47. The van der Waals surface area contributed by atoms with Gasteiger partial charge in [0, 0.05) is 54.3 Å². The van der Waals surface area contributed by atoms with Gasteiger partial charge in [-0.25, -0.2) is 13.8 Å². The summed E-state index contributed by atoms with van der Waals surface area (Å²) >= 11 is 3.39. The van der Waals surface area contributed by atoms with Crippen molar-refractivity contribution in [2.24, 2.45) is 5.92 Å². The lowest BCUT2D eigenvalue weighted by molar-refractivity contribution is 0.102. The molecule has 228 valence electrons. The summed E-state index contributed by atoms with van der Waals surface area (Å²) < 4.78 is 34.9. The first-order valence-electron chi connectivity index (χ1n) is 13.5. The molecule has 0 saturated heterocycles. The number of nitrogens with zero attached hydrogens (tertiary/aromatic N) is 6. The van der Waals surface area contributed by atoms with Gasteiger partial charge in [0.15, 0.2) is 5.01 Å². The maximum Gasteiger partial charge on any atom is 0.280 e. The minimum absolute atomic E-state index is 0.0324. The lowest BCUT2D eigenvalue weighted by Gasteiger charge is -2.16. The van der Waals surface area contributed by atoms with Gasteiger partial charge >= 0.3 is 0 Å². The molecule has 15 heteroatoms. The fourth-order valence-corrected chi connectivity index (χ4v) is 4.98. The van der Waals surface area contributed by atoms with E-state index in [1.807, 2.05) is 7.05 Å². The number of carbonyl (C=O) groups is 1. The molecule has 1 aliphatic carbocycles. The second-order valence-corrected chi connectivity index (χ2v) is 11.5. The van der Waals surface area contributed by atoms with E-state index in [-0.39, 0.29) is 38.9 Å². The Bertz CT molecular complexity index is 1780. The number of methoxy groups -OCH3 is 1. The molecule has 0 aromatic carbocycles. The van der Waals surface area contributed by atoms with Gasteiger partial charge in [0.05, 0.1) is 23.4 Å². The van der Waals surface area contributed by atoms with Gasteiger partial charge in [-0.2, -0.15) is 0 Å². The zero-order valence-corrected chi connectivity index (χ0v) is 26.7. The Hall–Kier alpha value is -4.01. The average Bonchev–Trinajstić information content (AvgIpc) is 3.76. The first kappa shape index (κ1) is 31.4. The minimum atomic E-state index is -2.87. The van der Waals surface area contributed by atoms with Gasteiger partial charge < -0.3 is 10.1 Å². The third kappa shape index (κ3) is 7.73. The van der Waals surface area contributed by atoms with Crippen molar-refractivity contribution in [3.63, 3.8) is 0 Å². The smallest absolute Gasteiger partial charge is 0.280 e. The zero-order valence-electron chi connectivity index (χ0n) is 23.7. The minimum Gasteiger partial charge on any atom is -0.494 e. The topological polar surface area (TPSA) is 127 Å². The molecule has 1 aliphatic rings. The average molecular weight is 733 g/mol. The van der Waals surface area contributed by atoms with Crippen LogP contribution in [-0.2, 0) is 0 Å². The van der Waals surface area contributed by atoms with Crippen LogP contribution in [-0.4, -0.2) is 67.3 Å². The summed E-state index contributed by atoms with van der Waals surface area (Å²) in [7, 11) is 3.36. The molecular formula is C29H27F2IN8O3S. The highest BCUT2D eigenvalue weighted by atomic mass is 127. The lowest BCUT2D eigenvalue weighted by Crippen LogP contribution is -2.24. The number of nitrogens with one attached hydrogen (secondary N) is 2. The highest BCUT2D eigenvalue weighted by Crippen LogP contribution is 2.35. The van der Waals surface area contributed by atoms with Crippen molar-refractivity contribution < 1.29 is 18.3 Å². The second kappa shape index (κ2) is 14.2. The monoisotopic (exact) mass is 732 g/mol. The Balaban J connectivity index is 1.50. The van der Waals surface area contributed by atoms with E-state index < -0.39 is 18.0 Å². The number of likely N-dealkylation sites (N-methyl/N-ethyl adjacent to an activating group) is 1. The highest BCUT2D eigenvalue weighted by molar-refractivity contribution is 14.1. The Morgan fingerprint density at radius 2 is 2.05 bits per heavy atom. The Morgan fingerprint density at radius 1 is 1.23 bits per heavy atom. The largest absolute Gasteiger partial charge is 0.494 e. The molecule has 4 heterocycles. The quantitative estimate of drug-likeness (QED) is 0.0965. The Morgan fingerprint density at radius 3 is 2.75 bits per heavy atom. The standard InChI is InChI=1S/C29H27F2IN8O3S/c1-39(16-32)10-8-33-18-7-9-40(26(41)11-18)24-13-19(20-12-22(27(30)31)34-15-23(20)43-2)21(14-35-24)28(42)36-29-38-37-25(44-29)6-5-17-3-4-17/h7,9,11-15,17,27,33H,3-4,8,10,16H2,1-2H3,(H,36,38,42). The molecule has 5 rings (SSSR count). The molecule has 0 bridgehead atoms. The number of ether oxygens (including phenoxy) is 1. The molecule has 1 amide bonds. The first-order chi connectivity index (χ1) is 21.2. The van der Waals surface area contributed by atoms with Crippen molar-refractivity contribution in [3.05, 3.63) is 69.5 Å². The van der Waals surface area contributed by atoms with Crippen molar-refractivity contribution in [3.8, 4) is 34.5 Å². The number of halogens is 3. The number of rotatable bonds is 11. The van der Waals surface area contributed by atoms with E-state index in [2.05, 4.69) is 70.1 Å². The maximum atomic E-state index is 13.7. The number of hydrogen-bond acceptors (Lipinski definition) is 10. The SMILES string of the molecule is COc1cnc(C(F)F)cc1-c1cc(-n2ccc(NCCN(C)CI)cc2=O)ncc1C(=O)Nc1nnc(C#CC2CC2)s1. The van der Waals surface area contributed by atoms with Crippen molar-refractivity contribution in [2.75, 3.05) is 42.4 Å². The molecule has 0 atom stereocenters. The van der Waals surface area contributed by atoms with E-state index in [0.29, 0.717) is 23.2 Å². The molecule has 0 aliphatic heterocycles. The molecular weight excluding hydrogens is 705 g/mol. The third-order valence-electron chi connectivity index (χ3n) is 6.56. The Labute approximate surface area is 269 Å². The van der Waals surface area contributed by atoms with Crippen LogP contribution in [0.25, 0.3) is 16.9 Å². The highest BCUT2D eigenvalue weighted by Gasteiger charge is 2.22. The summed E-state index contributed by atoms with van der Waals surface area (Å²) in [5.41, 5.74) is 0.157. The number of pyridine rings is 3. The van der Waals surface area contributed by atoms with Gasteiger partial charge in [0.1, 0.15) is 17.3 Å². The summed E-state index contributed by atoms with van der Waals surface area (Å²) in [6, 6.07) is 5.79. The van der Waals surface area contributed by atoms with E-state index in [9.17, 15) is 18.4 Å². The fraction of sp³-hybridized carbons (Fsp3) is 0.310. The molecule has 4 aromatic heterocycles. The van der Waals surface area contributed by atoms with Gasteiger partial charge in [-0.15, -0.1) is 10.2 Å². The van der Waals surface area contributed by atoms with Crippen LogP contribution < -0.4 is 20.9 Å².